The van der Waals surface area contributed by atoms with Crippen LogP contribution in [0.15, 0.2) is 29.1 Å². The maximum absolute atomic E-state index is 12.4. The van der Waals surface area contributed by atoms with Crippen LogP contribution < -0.4 is 11.0 Å². The summed E-state index contributed by atoms with van der Waals surface area (Å²) in [6.07, 6.45) is 5.54. The average Bonchev–Trinajstić information content (AvgIpc) is 2.47. The number of carbonyl (C=O) groups is 1. The molecule has 5 heteroatoms. The number of carbonyl (C=O) groups excluding carboxylic acids is 1. The molecular formula is C15H17N3O2. The minimum atomic E-state index is -0.488. The van der Waals surface area contributed by atoms with Crippen molar-refractivity contribution in [3.8, 4) is 0 Å². The second-order valence-corrected chi connectivity index (χ2v) is 5.24. The fraction of sp³-hybridized carbons (Fsp3) is 0.400. The predicted molar refractivity (Wildman–Crippen MR) is 76.7 cm³/mol. The molecule has 1 aromatic heterocycles. The molecule has 3 rings (SSSR count). The van der Waals surface area contributed by atoms with Gasteiger partial charge in [-0.15, -0.1) is 0 Å². The van der Waals surface area contributed by atoms with Gasteiger partial charge in [0.05, 0.1) is 5.52 Å². The molecule has 20 heavy (non-hydrogen) atoms. The van der Waals surface area contributed by atoms with Crippen LogP contribution in [0.25, 0.3) is 10.9 Å². The molecule has 1 aliphatic carbocycles. The highest BCUT2D eigenvalue weighted by atomic mass is 16.2. The van der Waals surface area contributed by atoms with E-state index in [0.717, 1.165) is 25.7 Å². The van der Waals surface area contributed by atoms with Gasteiger partial charge in [0.25, 0.3) is 5.91 Å². The Labute approximate surface area is 116 Å². The fourth-order valence-corrected chi connectivity index (χ4v) is 2.78. The summed E-state index contributed by atoms with van der Waals surface area (Å²) in [6.45, 7) is 0. The zero-order valence-corrected chi connectivity index (χ0v) is 11.2. The molecule has 5 nitrogen and oxygen atoms in total. The number of amides is 1. The van der Waals surface area contributed by atoms with E-state index < -0.39 is 5.69 Å². The van der Waals surface area contributed by atoms with E-state index in [1.165, 1.54) is 6.42 Å². The lowest BCUT2D eigenvalue weighted by Crippen LogP contribution is -2.37. The molecule has 104 valence electrons. The van der Waals surface area contributed by atoms with E-state index in [4.69, 9.17) is 0 Å². The third kappa shape index (κ3) is 2.57. The molecule has 0 bridgehead atoms. The molecule has 1 amide bonds. The molecule has 0 atom stereocenters. The number of nitrogens with one attached hydrogen (secondary N) is 2. The number of hydrogen-bond donors (Lipinski definition) is 2. The Bertz CT molecular complexity index is 687. The Morgan fingerprint density at radius 2 is 1.95 bits per heavy atom. The number of para-hydroxylation sites is 1. The Morgan fingerprint density at radius 1 is 1.20 bits per heavy atom. The maximum Gasteiger partial charge on any atom is 0.346 e. The van der Waals surface area contributed by atoms with Gasteiger partial charge in [0.2, 0.25) is 0 Å². The van der Waals surface area contributed by atoms with Crippen LogP contribution in [0.3, 0.4) is 0 Å². The summed E-state index contributed by atoms with van der Waals surface area (Å²) in [5, 5.41) is 3.68. The fourth-order valence-electron chi connectivity index (χ4n) is 2.78. The number of aromatic nitrogens is 2. The SMILES string of the molecule is O=C(NC1CCCCC1)c1nc(=O)[nH]c2ccccc12. The van der Waals surface area contributed by atoms with Crippen molar-refractivity contribution in [2.75, 3.05) is 0 Å². The summed E-state index contributed by atoms with van der Waals surface area (Å²) in [7, 11) is 0. The molecule has 1 heterocycles. The Kier molecular flexibility index (Phi) is 3.50. The quantitative estimate of drug-likeness (QED) is 0.877. The molecule has 0 saturated heterocycles. The Morgan fingerprint density at radius 3 is 2.75 bits per heavy atom. The Hall–Kier alpha value is -2.17. The number of aromatic amines is 1. The van der Waals surface area contributed by atoms with E-state index in [-0.39, 0.29) is 17.6 Å². The van der Waals surface area contributed by atoms with Gasteiger partial charge in [-0.25, -0.2) is 4.79 Å². The van der Waals surface area contributed by atoms with E-state index in [1.54, 1.807) is 12.1 Å². The molecule has 1 aliphatic rings. The van der Waals surface area contributed by atoms with Crippen molar-refractivity contribution < 1.29 is 4.79 Å². The minimum absolute atomic E-state index is 0.205. The largest absolute Gasteiger partial charge is 0.348 e. The first-order valence-electron chi connectivity index (χ1n) is 7.04. The van der Waals surface area contributed by atoms with Crippen LogP contribution in [0.2, 0.25) is 0 Å². The van der Waals surface area contributed by atoms with Gasteiger partial charge in [0.1, 0.15) is 5.69 Å². The number of rotatable bonds is 2. The predicted octanol–water partition coefficient (Wildman–Crippen LogP) is 1.99. The van der Waals surface area contributed by atoms with E-state index in [1.807, 2.05) is 12.1 Å². The summed E-state index contributed by atoms with van der Waals surface area (Å²) in [5.41, 5.74) is 0.369. The van der Waals surface area contributed by atoms with E-state index in [9.17, 15) is 9.59 Å². The molecule has 1 fully saturated rings. The standard InChI is InChI=1S/C15H17N3O2/c19-14(16-10-6-2-1-3-7-10)13-11-8-4-5-9-12(11)17-15(20)18-13/h4-5,8-10H,1-3,6-7H2,(H,16,19)(H,17,18,20). The van der Waals surface area contributed by atoms with Gasteiger partial charge in [-0.3, -0.25) is 4.79 Å². The lowest BCUT2D eigenvalue weighted by atomic mass is 9.95. The smallest absolute Gasteiger partial charge is 0.346 e. The lowest BCUT2D eigenvalue weighted by Gasteiger charge is -2.22. The minimum Gasteiger partial charge on any atom is -0.348 e. The molecular weight excluding hydrogens is 254 g/mol. The highest BCUT2D eigenvalue weighted by molar-refractivity contribution is 6.04. The van der Waals surface area contributed by atoms with E-state index in [0.29, 0.717) is 10.9 Å². The first kappa shape index (κ1) is 12.8. The second-order valence-electron chi connectivity index (χ2n) is 5.24. The summed E-state index contributed by atoms with van der Waals surface area (Å²) in [6, 6.07) is 7.43. The van der Waals surface area contributed by atoms with Crippen LogP contribution in [0.4, 0.5) is 0 Å². The monoisotopic (exact) mass is 271 g/mol. The molecule has 1 saturated carbocycles. The van der Waals surface area contributed by atoms with Crippen molar-refractivity contribution >= 4 is 16.8 Å². The van der Waals surface area contributed by atoms with Crippen molar-refractivity contribution in [1.82, 2.24) is 15.3 Å². The summed E-state index contributed by atoms with van der Waals surface area (Å²) >= 11 is 0. The molecule has 1 aromatic carbocycles. The third-order valence-corrected chi connectivity index (χ3v) is 3.79. The van der Waals surface area contributed by atoms with Crippen LogP contribution in [-0.4, -0.2) is 21.9 Å². The lowest BCUT2D eigenvalue weighted by molar-refractivity contribution is 0.0924. The van der Waals surface area contributed by atoms with Crippen molar-refractivity contribution in [2.24, 2.45) is 0 Å². The van der Waals surface area contributed by atoms with Crippen LogP contribution >= 0.6 is 0 Å². The van der Waals surface area contributed by atoms with Crippen molar-refractivity contribution in [1.29, 1.82) is 0 Å². The van der Waals surface area contributed by atoms with Crippen molar-refractivity contribution in [3.63, 3.8) is 0 Å². The van der Waals surface area contributed by atoms with Gasteiger partial charge in [-0.1, -0.05) is 37.5 Å². The average molecular weight is 271 g/mol. The molecule has 0 spiro atoms. The van der Waals surface area contributed by atoms with Crippen molar-refractivity contribution in [2.45, 2.75) is 38.1 Å². The van der Waals surface area contributed by atoms with Crippen LogP contribution in [0, 0.1) is 0 Å². The first-order chi connectivity index (χ1) is 9.74. The number of nitrogens with zero attached hydrogens (tertiary/aromatic N) is 1. The van der Waals surface area contributed by atoms with Gasteiger partial charge in [-0.2, -0.15) is 4.98 Å². The molecule has 2 aromatic rings. The summed E-state index contributed by atoms with van der Waals surface area (Å²) in [5.74, 6) is -0.251. The zero-order valence-electron chi connectivity index (χ0n) is 11.2. The number of benzene rings is 1. The summed E-state index contributed by atoms with van der Waals surface area (Å²) < 4.78 is 0. The third-order valence-electron chi connectivity index (χ3n) is 3.79. The first-order valence-corrected chi connectivity index (χ1v) is 7.04. The van der Waals surface area contributed by atoms with Crippen molar-refractivity contribution in [3.05, 3.63) is 40.4 Å². The van der Waals surface area contributed by atoms with Crippen LogP contribution in [0.5, 0.6) is 0 Å². The van der Waals surface area contributed by atoms with Gasteiger partial charge < -0.3 is 10.3 Å². The number of fused-ring (bicyclic) bond motifs is 1. The second kappa shape index (κ2) is 5.45. The van der Waals surface area contributed by atoms with Gasteiger partial charge >= 0.3 is 5.69 Å². The molecule has 2 N–H and O–H groups in total. The van der Waals surface area contributed by atoms with Crippen LogP contribution in [-0.2, 0) is 0 Å². The van der Waals surface area contributed by atoms with Crippen LogP contribution in [0.1, 0.15) is 42.6 Å². The number of H-pyrrole nitrogens is 1. The Balaban J connectivity index is 1.92. The summed E-state index contributed by atoms with van der Waals surface area (Å²) in [4.78, 5) is 30.4. The van der Waals surface area contributed by atoms with Gasteiger partial charge in [0.15, 0.2) is 0 Å². The zero-order chi connectivity index (χ0) is 13.9. The normalized spacial score (nSPS) is 16.2. The molecule has 0 aliphatic heterocycles. The highest BCUT2D eigenvalue weighted by Gasteiger charge is 2.19. The topological polar surface area (TPSA) is 74.8 Å². The molecule has 0 radical (unpaired) electrons. The number of hydrogen-bond acceptors (Lipinski definition) is 3. The van der Waals surface area contributed by atoms with E-state index >= 15 is 0 Å². The van der Waals surface area contributed by atoms with E-state index in [2.05, 4.69) is 15.3 Å². The highest BCUT2D eigenvalue weighted by Crippen LogP contribution is 2.18. The van der Waals surface area contributed by atoms with Gasteiger partial charge in [-0.05, 0) is 18.9 Å². The maximum atomic E-state index is 12.4. The molecule has 0 unspecified atom stereocenters. The van der Waals surface area contributed by atoms with Gasteiger partial charge in [0, 0.05) is 11.4 Å².